The molecule has 116 valence electrons. The highest BCUT2D eigenvalue weighted by molar-refractivity contribution is 5.18. The zero-order valence-corrected chi connectivity index (χ0v) is 13.7. The molecule has 0 bridgehead atoms. The summed E-state index contributed by atoms with van der Waals surface area (Å²) in [5, 5.41) is 3.81. The Balaban J connectivity index is 1.72. The largest absolute Gasteiger partial charge is 0.311 e. The molecule has 21 heavy (non-hydrogen) atoms. The Morgan fingerprint density at radius 3 is 2.90 bits per heavy atom. The first-order chi connectivity index (χ1) is 10.2. The fourth-order valence-corrected chi connectivity index (χ4v) is 3.52. The zero-order chi connectivity index (χ0) is 14.8. The molecular weight excluding hydrogens is 258 g/mol. The van der Waals surface area contributed by atoms with Crippen LogP contribution in [-0.4, -0.2) is 35.1 Å². The Bertz CT molecular complexity index is 469. The normalized spacial score (nSPS) is 28.5. The number of piperazine rings is 1. The Morgan fingerprint density at radius 1 is 1.43 bits per heavy atom. The van der Waals surface area contributed by atoms with Gasteiger partial charge in [0, 0.05) is 37.9 Å². The van der Waals surface area contributed by atoms with E-state index in [9.17, 15) is 0 Å². The number of aromatic nitrogens is 1. The van der Waals surface area contributed by atoms with Gasteiger partial charge in [-0.25, -0.2) is 0 Å². The average molecular weight is 287 g/mol. The first-order valence-electron chi connectivity index (χ1n) is 8.57. The third-order valence-electron chi connectivity index (χ3n) is 5.46. The van der Waals surface area contributed by atoms with E-state index in [4.69, 9.17) is 0 Å². The van der Waals surface area contributed by atoms with E-state index in [-0.39, 0.29) is 0 Å². The lowest BCUT2D eigenvalue weighted by atomic mass is 9.94. The molecule has 2 aliphatic rings. The van der Waals surface area contributed by atoms with E-state index in [1.54, 1.807) is 0 Å². The van der Waals surface area contributed by atoms with Gasteiger partial charge in [0.05, 0.1) is 5.69 Å². The van der Waals surface area contributed by atoms with E-state index in [1.165, 1.54) is 37.1 Å². The van der Waals surface area contributed by atoms with Gasteiger partial charge in [-0.2, -0.15) is 0 Å². The second kappa shape index (κ2) is 6.45. The molecular formula is C18H29N3. The van der Waals surface area contributed by atoms with Crippen LogP contribution >= 0.6 is 0 Å². The number of hydrogen-bond donors (Lipinski definition) is 1. The molecule has 1 aliphatic heterocycles. The highest BCUT2D eigenvalue weighted by Crippen LogP contribution is 2.37. The van der Waals surface area contributed by atoms with Crippen molar-refractivity contribution >= 4 is 0 Å². The molecule has 3 atom stereocenters. The number of nitrogens with one attached hydrogen (secondary N) is 1. The van der Waals surface area contributed by atoms with Gasteiger partial charge in [0.2, 0.25) is 0 Å². The van der Waals surface area contributed by atoms with E-state index < -0.39 is 0 Å². The van der Waals surface area contributed by atoms with Crippen LogP contribution in [0.4, 0.5) is 0 Å². The van der Waals surface area contributed by atoms with Crippen molar-refractivity contribution in [2.24, 2.45) is 11.8 Å². The monoisotopic (exact) mass is 287 g/mol. The minimum atomic E-state index is 0.633. The minimum absolute atomic E-state index is 0.633. The summed E-state index contributed by atoms with van der Waals surface area (Å²) < 4.78 is 0. The van der Waals surface area contributed by atoms with Crippen molar-refractivity contribution in [3.63, 3.8) is 0 Å². The minimum Gasteiger partial charge on any atom is -0.311 e. The maximum Gasteiger partial charge on any atom is 0.0573 e. The predicted octanol–water partition coefficient (Wildman–Crippen LogP) is 2.99. The molecule has 1 aromatic heterocycles. The van der Waals surface area contributed by atoms with Crippen LogP contribution in [0.25, 0.3) is 0 Å². The number of aryl methyl sites for hydroxylation is 1. The third-order valence-corrected chi connectivity index (χ3v) is 5.46. The van der Waals surface area contributed by atoms with E-state index in [0.29, 0.717) is 12.1 Å². The smallest absolute Gasteiger partial charge is 0.0573 e. The maximum absolute atomic E-state index is 4.61. The zero-order valence-electron chi connectivity index (χ0n) is 13.7. The summed E-state index contributed by atoms with van der Waals surface area (Å²) in [6.07, 6.45) is 6.01. The summed E-state index contributed by atoms with van der Waals surface area (Å²) in [5.41, 5.74) is 2.58. The fourth-order valence-electron chi connectivity index (χ4n) is 3.52. The van der Waals surface area contributed by atoms with Crippen molar-refractivity contribution < 1.29 is 0 Å². The molecule has 0 amide bonds. The lowest BCUT2D eigenvalue weighted by molar-refractivity contribution is 0.0877. The molecule has 3 nitrogen and oxygen atoms in total. The van der Waals surface area contributed by atoms with Gasteiger partial charge in [0.1, 0.15) is 0 Å². The summed E-state index contributed by atoms with van der Waals surface area (Å²) >= 11 is 0. The molecule has 2 heterocycles. The number of pyridine rings is 1. The van der Waals surface area contributed by atoms with Crippen molar-refractivity contribution in [2.45, 2.75) is 58.7 Å². The Labute approximate surface area is 129 Å². The molecule has 2 fully saturated rings. The molecule has 1 aliphatic carbocycles. The van der Waals surface area contributed by atoms with Gasteiger partial charge in [-0.1, -0.05) is 26.3 Å². The van der Waals surface area contributed by atoms with E-state index in [0.717, 1.165) is 24.9 Å². The Hall–Kier alpha value is -0.930. The van der Waals surface area contributed by atoms with Crippen molar-refractivity contribution in [1.29, 1.82) is 0 Å². The summed E-state index contributed by atoms with van der Waals surface area (Å²) in [6, 6.07) is 5.57. The van der Waals surface area contributed by atoms with Crippen LogP contribution < -0.4 is 5.32 Å². The SMILES string of the molecule is CCC(C)C1CN(Cc2ncccc2C)C(C2CC2)CN1. The first-order valence-corrected chi connectivity index (χ1v) is 8.57. The van der Waals surface area contributed by atoms with E-state index in [2.05, 4.69) is 42.0 Å². The van der Waals surface area contributed by atoms with Gasteiger partial charge >= 0.3 is 0 Å². The third kappa shape index (κ3) is 3.46. The van der Waals surface area contributed by atoms with Crippen LogP contribution in [-0.2, 0) is 6.54 Å². The summed E-state index contributed by atoms with van der Waals surface area (Å²) in [7, 11) is 0. The average Bonchev–Trinajstić information content (AvgIpc) is 3.33. The van der Waals surface area contributed by atoms with Crippen LogP contribution in [0.2, 0.25) is 0 Å². The van der Waals surface area contributed by atoms with Gasteiger partial charge in [-0.15, -0.1) is 0 Å². The molecule has 0 aromatic carbocycles. The van der Waals surface area contributed by atoms with Gasteiger partial charge in [0.15, 0.2) is 0 Å². The van der Waals surface area contributed by atoms with Crippen molar-refractivity contribution in [1.82, 2.24) is 15.2 Å². The second-order valence-corrected chi connectivity index (χ2v) is 7.00. The highest BCUT2D eigenvalue weighted by Gasteiger charge is 2.39. The lowest BCUT2D eigenvalue weighted by Gasteiger charge is -2.42. The first kappa shape index (κ1) is 15.0. The molecule has 1 saturated carbocycles. The van der Waals surface area contributed by atoms with Gasteiger partial charge < -0.3 is 5.32 Å². The molecule has 1 N–H and O–H groups in total. The predicted molar refractivity (Wildman–Crippen MR) is 87.1 cm³/mol. The quantitative estimate of drug-likeness (QED) is 0.902. The molecule has 3 rings (SSSR count). The molecule has 3 unspecified atom stereocenters. The Morgan fingerprint density at radius 2 is 2.24 bits per heavy atom. The van der Waals surface area contributed by atoms with E-state index in [1.807, 2.05) is 12.3 Å². The van der Waals surface area contributed by atoms with E-state index >= 15 is 0 Å². The molecule has 0 spiro atoms. The van der Waals surface area contributed by atoms with Crippen LogP contribution in [0, 0.1) is 18.8 Å². The molecule has 1 aromatic rings. The topological polar surface area (TPSA) is 28.2 Å². The summed E-state index contributed by atoms with van der Waals surface area (Å²) in [5.74, 6) is 1.66. The van der Waals surface area contributed by atoms with Gasteiger partial charge in [-0.05, 0) is 43.2 Å². The van der Waals surface area contributed by atoms with Crippen LogP contribution in [0.15, 0.2) is 18.3 Å². The molecule has 1 saturated heterocycles. The maximum atomic E-state index is 4.61. The summed E-state index contributed by atoms with van der Waals surface area (Å²) in [6.45, 7) is 10.2. The van der Waals surface area contributed by atoms with Gasteiger partial charge in [0.25, 0.3) is 0 Å². The lowest BCUT2D eigenvalue weighted by Crippen LogP contribution is -2.58. The highest BCUT2D eigenvalue weighted by atomic mass is 15.2. The fraction of sp³-hybridized carbons (Fsp3) is 0.722. The molecule has 0 radical (unpaired) electrons. The Kier molecular flexibility index (Phi) is 4.60. The van der Waals surface area contributed by atoms with Gasteiger partial charge in [-0.3, -0.25) is 9.88 Å². The van der Waals surface area contributed by atoms with Crippen LogP contribution in [0.3, 0.4) is 0 Å². The number of hydrogen-bond acceptors (Lipinski definition) is 3. The number of rotatable bonds is 5. The number of nitrogens with zero attached hydrogens (tertiary/aromatic N) is 2. The second-order valence-electron chi connectivity index (χ2n) is 7.00. The van der Waals surface area contributed by atoms with Crippen molar-refractivity contribution in [3.05, 3.63) is 29.6 Å². The van der Waals surface area contributed by atoms with Crippen LogP contribution in [0.1, 0.15) is 44.4 Å². The van der Waals surface area contributed by atoms with Crippen molar-refractivity contribution in [3.8, 4) is 0 Å². The molecule has 3 heteroatoms. The summed E-state index contributed by atoms with van der Waals surface area (Å²) in [4.78, 5) is 7.32. The standard InChI is InChI=1S/C18H29N3/c1-4-13(2)16-11-21(18(10-20-16)15-7-8-15)12-17-14(3)6-5-9-19-17/h5-6,9,13,15-16,18,20H,4,7-8,10-12H2,1-3H3. The van der Waals surface area contributed by atoms with Crippen molar-refractivity contribution in [2.75, 3.05) is 13.1 Å². The van der Waals surface area contributed by atoms with Crippen LogP contribution in [0.5, 0.6) is 0 Å².